The van der Waals surface area contributed by atoms with Gasteiger partial charge in [0.1, 0.15) is 5.82 Å². The molecule has 0 fully saturated rings. The average molecular weight is 363 g/mol. The van der Waals surface area contributed by atoms with Crippen LogP contribution in [0.4, 0.5) is 5.82 Å². The highest BCUT2D eigenvalue weighted by molar-refractivity contribution is 14.1. The number of carbonyl (C=O) groups excluding carboxylic acids is 1. The third-order valence-electron chi connectivity index (χ3n) is 2.81. The molecule has 0 atom stereocenters. The van der Waals surface area contributed by atoms with Crippen LogP contribution in [0.3, 0.4) is 0 Å². The van der Waals surface area contributed by atoms with Crippen molar-refractivity contribution in [2.75, 3.05) is 5.32 Å². The Morgan fingerprint density at radius 1 is 1.21 bits per heavy atom. The van der Waals surface area contributed by atoms with Crippen molar-refractivity contribution in [3.8, 4) is 0 Å². The van der Waals surface area contributed by atoms with Crippen molar-refractivity contribution in [3.05, 3.63) is 57.9 Å². The molecule has 3 aromatic rings. The van der Waals surface area contributed by atoms with E-state index in [0.29, 0.717) is 11.4 Å². The summed E-state index contributed by atoms with van der Waals surface area (Å²) in [7, 11) is 0. The zero-order valence-electron chi connectivity index (χ0n) is 9.85. The predicted octanol–water partition coefficient (Wildman–Crippen LogP) is 3.42. The molecule has 0 radical (unpaired) electrons. The molecule has 0 spiro atoms. The lowest BCUT2D eigenvalue weighted by Crippen LogP contribution is -2.13. The summed E-state index contributed by atoms with van der Waals surface area (Å²) < 4.78 is 1.03. The fraction of sp³-hybridized carbons (Fsp3) is 0. The standard InChI is InChI=1S/C14H10IN3O/c15-9-4-5-13(17-8-9)18-14(19)11-2-1-3-12-10(11)6-7-16-12/h1-8,16H,(H,17,18,19). The number of nitrogens with one attached hydrogen (secondary N) is 2. The molecular weight excluding hydrogens is 353 g/mol. The van der Waals surface area contributed by atoms with Crippen molar-refractivity contribution < 1.29 is 4.79 Å². The zero-order chi connectivity index (χ0) is 13.2. The number of hydrogen-bond donors (Lipinski definition) is 2. The van der Waals surface area contributed by atoms with Crippen molar-refractivity contribution in [1.29, 1.82) is 0 Å². The number of anilines is 1. The summed E-state index contributed by atoms with van der Waals surface area (Å²) in [5.74, 6) is 0.400. The van der Waals surface area contributed by atoms with Gasteiger partial charge in [-0.25, -0.2) is 4.98 Å². The van der Waals surface area contributed by atoms with E-state index in [-0.39, 0.29) is 5.91 Å². The van der Waals surface area contributed by atoms with Crippen LogP contribution in [0.5, 0.6) is 0 Å². The second-order valence-electron chi connectivity index (χ2n) is 4.06. The molecule has 0 saturated heterocycles. The Hall–Kier alpha value is -1.89. The fourth-order valence-corrected chi connectivity index (χ4v) is 2.24. The summed E-state index contributed by atoms with van der Waals surface area (Å²) in [6.07, 6.45) is 3.54. The minimum absolute atomic E-state index is 0.154. The van der Waals surface area contributed by atoms with Gasteiger partial charge in [0.05, 0.1) is 0 Å². The van der Waals surface area contributed by atoms with E-state index in [1.165, 1.54) is 0 Å². The Bertz CT molecular complexity index is 734. The van der Waals surface area contributed by atoms with Crippen LogP contribution in [0.1, 0.15) is 10.4 Å². The third-order valence-corrected chi connectivity index (χ3v) is 3.45. The second kappa shape index (κ2) is 5.00. The average Bonchev–Trinajstić information content (AvgIpc) is 2.89. The summed E-state index contributed by atoms with van der Waals surface area (Å²) >= 11 is 2.17. The lowest BCUT2D eigenvalue weighted by Gasteiger charge is -2.05. The van der Waals surface area contributed by atoms with E-state index >= 15 is 0 Å². The Balaban J connectivity index is 1.92. The molecule has 5 heteroatoms. The molecule has 3 rings (SSSR count). The number of aromatic nitrogens is 2. The van der Waals surface area contributed by atoms with E-state index < -0.39 is 0 Å². The molecule has 0 aliphatic heterocycles. The molecule has 0 aliphatic carbocycles. The van der Waals surface area contributed by atoms with E-state index in [0.717, 1.165) is 14.5 Å². The number of fused-ring (bicyclic) bond motifs is 1. The minimum Gasteiger partial charge on any atom is -0.361 e. The minimum atomic E-state index is -0.154. The Labute approximate surface area is 123 Å². The van der Waals surface area contributed by atoms with Crippen molar-refractivity contribution in [2.45, 2.75) is 0 Å². The number of H-pyrrole nitrogens is 1. The van der Waals surface area contributed by atoms with Gasteiger partial charge < -0.3 is 10.3 Å². The van der Waals surface area contributed by atoms with Gasteiger partial charge in [0.15, 0.2) is 0 Å². The van der Waals surface area contributed by atoms with Crippen molar-refractivity contribution >= 4 is 45.2 Å². The number of aromatic amines is 1. The lowest BCUT2D eigenvalue weighted by atomic mass is 10.1. The smallest absolute Gasteiger partial charge is 0.257 e. The second-order valence-corrected chi connectivity index (χ2v) is 5.31. The maximum Gasteiger partial charge on any atom is 0.257 e. The van der Waals surface area contributed by atoms with E-state index in [2.05, 4.69) is 37.9 Å². The van der Waals surface area contributed by atoms with Crippen LogP contribution in [0.15, 0.2) is 48.8 Å². The number of rotatable bonds is 2. The zero-order valence-corrected chi connectivity index (χ0v) is 12.0. The number of amides is 1. The van der Waals surface area contributed by atoms with Crippen molar-refractivity contribution in [3.63, 3.8) is 0 Å². The normalized spacial score (nSPS) is 10.6. The maximum atomic E-state index is 12.2. The molecule has 2 aromatic heterocycles. The SMILES string of the molecule is O=C(Nc1ccc(I)cn1)c1cccc2[nH]ccc12. The first-order valence-electron chi connectivity index (χ1n) is 5.73. The topological polar surface area (TPSA) is 57.8 Å². The highest BCUT2D eigenvalue weighted by Gasteiger charge is 2.10. The fourth-order valence-electron chi connectivity index (χ4n) is 1.92. The van der Waals surface area contributed by atoms with Crippen LogP contribution in [0.2, 0.25) is 0 Å². The molecule has 0 saturated carbocycles. The van der Waals surface area contributed by atoms with Crippen LogP contribution < -0.4 is 5.32 Å². The van der Waals surface area contributed by atoms with Gasteiger partial charge in [-0.3, -0.25) is 4.79 Å². The van der Waals surface area contributed by atoms with E-state index in [1.807, 2.05) is 30.5 Å². The van der Waals surface area contributed by atoms with Gasteiger partial charge in [0, 0.05) is 32.4 Å². The highest BCUT2D eigenvalue weighted by atomic mass is 127. The molecule has 2 heterocycles. The predicted molar refractivity (Wildman–Crippen MR) is 83.2 cm³/mol. The van der Waals surface area contributed by atoms with E-state index in [4.69, 9.17) is 0 Å². The number of benzene rings is 1. The molecule has 19 heavy (non-hydrogen) atoms. The first kappa shape index (κ1) is 12.2. The van der Waals surface area contributed by atoms with Gasteiger partial charge in [-0.1, -0.05) is 6.07 Å². The molecule has 0 aliphatic rings. The van der Waals surface area contributed by atoms with Gasteiger partial charge >= 0.3 is 0 Å². The van der Waals surface area contributed by atoms with Crippen LogP contribution in [0, 0.1) is 3.57 Å². The number of hydrogen-bond acceptors (Lipinski definition) is 2. The molecular formula is C14H10IN3O. The Morgan fingerprint density at radius 2 is 2.11 bits per heavy atom. The summed E-state index contributed by atoms with van der Waals surface area (Å²) in [5, 5.41) is 3.71. The van der Waals surface area contributed by atoms with E-state index in [1.54, 1.807) is 18.3 Å². The lowest BCUT2D eigenvalue weighted by molar-refractivity contribution is 0.102. The van der Waals surface area contributed by atoms with Crippen LogP contribution >= 0.6 is 22.6 Å². The van der Waals surface area contributed by atoms with Crippen LogP contribution in [0.25, 0.3) is 10.9 Å². The molecule has 1 amide bonds. The van der Waals surface area contributed by atoms with E-state index in [9.17, 15) is 4.79 Å². The van der Waals surface area contributed by atoms with Crippen LogP contribution in [-0.2, 0) is 0 Å². The van der Waals surface area contributed by atoms with Crippen molar-refractivity contribution in [2.24, 2.45) is 0 Å². The van der Waals surface area contributed by atoms with Gasteiger partial charge in [-0.2, -0.15) is 0 Å². The summed E-state index contributed by atoms with van der Waals surface area (Å²) in [6, 6.07) is 11.2. The van der Waals surface area contributed by atoms with Gasteiger partial charge in [-0.15, -0.1) is 0 Å². The highest BCUT2D eigenvalue weighted by Crippen LogP contribution is 2.18. The molecule has 94 valence electrons. The number of nitrogens with zero attached hydrogens (tertiary/aromatic N) is 1. The Kier molecular flexibility index (Phi) is 3.20. The molecule has 1 aromatic carbocycles. The molecule has 0 bridgehead atoms. The largest absolute Gasteiger partial charge is 0.361 e. The quantitative estimate of drug-likeness (QED) is 0.686. The van der Waals surface area contributed by atoms with Crippen molar-refractivity contribution in [1.82, 2.24) is 9.97 Å². The van der Waals surface area contributed by atoms with Gasteiger partial charge in [-0.05, 0) is 52.9 Å². The third kappa shape index (κ3) is 2.46. The number of halogens is 1. The molecule has 4 nitrogen and oxygen atoms in total. The summed E-state index contributed by atoms with van der Waals surface area (Å²) in [4.78, 5) is 19.5. The maximum absolute atomic E-state index is 12.2. The first-order valence-corrected chi connectivity index (χ1v) is 6.81. The monoisotopic (exact) mass is 363 g/mol. The van der Waals surface area contributed by atoms with Crippen LogP contribution in [-0.4, -0.2) is 15.9 Å². The number of pyridine rings is 1. The summed E-state index contributed by atoms with van der Waals surface area (Å²) in [5.41, 5.74) is 1.59. The summed E-state index contributed by atoms with van der Waals surface area (Å²) in [6.45, 7) is 0. The first-order chi connectivity index (χ1) is 9.24. The molecule has 2 N–H and O–H groups in total. The van der Waals surface area contributed by atoms with Gasteiger partial charge in [0.25, 0.3) is 5.91 Å². The number of carbonyl (C=O) groups is 1. The molecule has 0 unspecified atom stereocenters. The Morgan fingerprint density at radius 3 is 2.89 bits per heavy atom. The van der Waals surface area contributed by atoms with Gasteiger partial charge in [0.2, 0.25) is 0 Å².